The van der Waals surface area contributed by atoms with Crippen molar-refractivity contribution < 1.29 is 9.59 Å². The Hall–Kier alpha value is -1.84. The standard InChI is InChI=1S/C19H30N2O2/c1-7-14(2)21(15(3)22)13-12-18(23)20-17-11-9-8-10-16(17)19(4,5)6/h8-11,14H,7,12-13H2,1-6H3,(H,20,23). The molecule has 128 valence electrons. The van der Waals surface area contributed by atoms with Crippen LogP contribution in [0.4, 0.5) is 5.69 Å². The Labute approximate surface area is 140 Å². The van der Waals surface area contributed by atoms with E-state index < -0.39 is 0 Å². The fraction of sp³-hybridized carbons (Fsp3) is 0.579. The zero-order chi connectivity index (χ0) is 17.6. The van der Waals surface area contributed by atoms with Gasteiger partial charge in [0.25, 0.3) is 0 Å². The van der Waals surface area contributed by atoms with E-state index in [1.54, 1.807) is 11.8 Å². The van der Waals surface area contributed by atoms with Crippen LogP contribution in [0.3, 0.4) is 0 Å². The van der Waals surface area contributed by atoms with Crippen molar-refractivity contribution in [3.63, 3.8) is 0 Å². The van der Waals surface area contributed by atoms with E-state index in [2.05, 4.69) is 26.1 Å². The molecular weight excluding hydrogens is 288 g/mol. The highest BCUT2D eigenvalue weighted by molar-refractivity contribution is 5.92. The molecule has 1 N–H and O–H groups in total. The predicted octanol–water partition coefficient (Wildman–Crippen LogP) is 3.96. The van der Waals surface area contributed by atoms with Gasteiger partial charge < -0.3 is 10.2 Å². The van der Waals surface area contributed by atoms with E-state index in [-0.39, 0.29) is 23.3 Å². The zero-order valence-corrected chi connectivity index (χ0v) is 15.3. The molecule has 0 aromatic heterocycles. The molecule has 0 saturated heterocycles. The maximum atomic E-state index is 12.3. The molecule has 4 heteroatoms. The molecule has 1 unspecified atom stereocenters. The van der Waals surface area contributed by atoms with Crippen LogP contribution in [0.5, 0.6) is 0 Å². The molecular formula is C19H30N2O2. The van der Waals surface area contributed by atoms with Gasteiger partial charge in [-0.05, 0) is 30.4 Å². The average molecular weight is 318 g/mol. The highest BCUT2D eigenvalue weighted by atomic mass is 16.2. The highest BCUT2D eigenvalue weighted by Gasteiger charge is 2.20. The molecule has 1 rings (SSSR count). The van der Waals surface area contributed by atoms with Gasteiger partial charge in [-0.2, -0.15) is 0 Å². The molecule has 4 nitrogen and oxygen atoms in total. The van der Waals surface area contributed by atoms with E-state index in [9.17, 15) is 9.59 Å². The number of hydrogen-bond acceptors (Lipinski definition) is 2. The first kappa shape index (κ1) is 19.2. The van der Waals surface area contributed by atoms with Gasteiger partial charge in [0.05, 0.1) is 0 Å². The maximum Gasteiger partial charge on any atom is 0.226 e. The Kier molecular flexibility index (Phi) is 6.79. The van der Waals surface area contributed by atoms with Crippen LogP contribution in [-0.2, 0) is 15.0 Å². The summed E-state index contributed by atoms with van der Waals surface area (Å²) in [6.07, 6.45) is 1.19. The van der Waals surface area contributed by atoms with Gasteiger partial charge in [-0.25, -0.2) is 0 Å². The third kappa shape index (κ3) is 5.70. The van der Waals surface area contributed by atoms with Gasteiger partial charge in [0, 0.05) is 31.6 Å². The van der Waals surface area contributed by atoms with Gasteiger partial charge in [0.15, 0.2) is 0 Å². The van der Waals surface area contributed by atoms with E-state index in [1.165, 1.54) is 0 Å². The van der Waals surface area contributed by atoms with Crippen molar-refractivity contribution >= 4 is 17.5 Å². The van der Waals surface area contributed by atoms with E-state index in [0.717, 1.165) is 17.7 Å². The smallest absolute Gasteiger partial charge is 0.226 e. The first-order valence-electron chi connectivity index (χ1n) is 8.33. The first-order valence-corrected chi connectivity index (χ1v) is 8.33. The van der Waals surface area contributed by atoms with Crippen LogP contribution in [-0.4, -0.2) is 29.3 Å². The van der Waals surface area contributed by atoms with Crippen molar-refractivity contribution in [2.75, 3.05) is 11.9 Å². The van der Waals surface area contributed by atoms with Gasteiger partial charge in [0.2, 0.25) is 11.8 Å². The van der Waals surface area contributed by atoms with Crippen LogP contribution >= 0.6 is 0 Å². The Morgan fingerprint density at radius 2 is 1.83 bits per heavy atom. The van der Waals surface area contributed by atoms with Crippen LogP contribution in [0.1, 0.15) is 59.9 Å². The molecule has 0 heterocycles. The maximum absolute atomic E-state index is 12.3. The molecule has 2 amide bonds. The number of amides is 2. The van der Waals surface area contributed by atoms with Gasteiger partial charge in [-0.3, -0.25) is 9.59 Å². The SMILES string of the molecule is CCC(C)N(CCC(=O)Nc1ccccc1C(C)(C)C)C(C)=O. The predicted molar refractivity (Wildman–Crippen MR) is 95.5 cm³/mol. The molecule has 1 aromatic rings. The largest absolute Gasteiger partial charge is 0.340 e. The number of nitrogens with one attached hydrogen (secondary N) is 1. The van der Waals surface area contributed by atoms with Crippen molar-refractivity contribution in [2.45, 2.75) is 65.8 Å². The highest BCUT2D eigenvalue weighted by Crippen LogP contribution is 2.29. The molecule has 0 aliphatic rings. The molecule has 1 aromatic carbocycles. The van der Waals surface area contributed by atoms with E-state index in [4.69, 9.17) is 0 Å². The Balaban J connectivity index is 2.73. The Bertz CT molecular complexity index is 547. The summed E-state index contributed by atoms with van der Waals surface area (Å²) in [5.41, 5.74) is 1.92. The topological polar surface area (TPSA) is 49.4 Å². The quantitative estimate of drug-likeness (QED) is 0.863. The number of hydrogen-bond donors (Lipinski definition) is 1. The van der Waals surface area contributed by atoms with Gasteiger partial charge in [0.1, 0.15) is 0 Å². The summed E-state index contributed by atoms with van der Waals surface area (Å²) in [4.78, 5) is 25.7. The molecule has 0 spiro atoms. The minimum Gasteiger partial charge on any atom is -0.340 e. The molecule has 0 radical (unpaired) electrons. The van der Waals surface area contributed by atoms with Crippen LogP contribution in [0.15, 0.2) is 24.3 Å². The molecule has 0 bridgehead atoms. The van der Waals surface area contributed by atoms with Crippen molar-refractivity contribution in [1.82, 2.24) is 4.90 Å². The summed E-state index contributed by atoms with van der Waals surface area (Å²) in [7, 11) is 0. The van der Waals surface area contributed by atoms with Gasteiger partial charge in [-0.1, -0.05) is 45.9 Å². The zero-order valence-electron chi connectivity index (χ0n) is 15.3. The van der Waals surface area contributed by atoms with E-state index in [0.29, 0.717) is 13.0 Å². The van der Waals surface area contributed by atoms with E-state index >= 15 is 0 Å². The number of rotatable bonds is 6. The van der Waals surface area contributed by atoms with Crippen molar-refractivity contribution in [1.29, 1.82) is 0 Å². The Morgan fingerprint density at radius 1 is 1.22 bits per heavy atom. The summed E-state index contributed by atoms with van der Waals surface area (Å²) in [6.45, 7) is 12.4. The first-order chi connectivity index (χ1) is 10.7. The molecule has 0 aliphatic carbocycles. The number of para-hydroxylation sites is 1. The molecule has 23 heavy (non-hydrogen) atoms. The third-order valence-corrected chi connectivity index (χ3v) is 4.12. The van der Waals surface area contributed by atoms with E-state index in [1.807, 2.05) is 38.1 Å². The summed E-state index contributed by atoms with van der Waals surface area (Å²) in [5.74, 6) is -0.0431. The summed E-state index contributed by atoms with van der Waals surface area (Å²) in [6, 6.07) is 8.02. The fourth-order valence-electron chi connectivity index (χ4n) is 2.59. The number of nitrogens with zero attached hydrogens (tertiary/aromatic N) is 1. The average Bonchev–Trinajstić information content (AvgIpc) is 2.46. The second-order valence-corrected chi connectivity index (χ2v) is 7.06. The lowest BCUT2D eigenvalue weighted by Gasteiger charge is -2.27. The lowest BCUT2D eigenvalue weighted by molar-refractivity contribution is -0.131. The monoisotopic (exact) mass is 318 g/mol. The second-order valence-electron chi connectivity index (χ2n) is 7.06. The van der Waals surface area contributed by atoms with Crippen molar-refractivity contribution in [3.05, 3.63) is 29.8 Å². The van der Waals surface area contributed by atoms with Gasteiger partial charge in [-0.15, -0.1) is 0 Å². The summed E-state index contributed by atoms with van der Waals surface area (Å²) < 4.78 is 0. The molecule has 0 saturated carbocycles. The number of carbonyl (C=O) groups excluding carboxylic acids is 2. The molecule has 1 atom stereocenters. The normalized spacial score (nSPS) is 12.6. The summed E-state index contributed by atoms with van der Waals surface area (Å²) >= 11 is 0. The van der Waals surface area contributed by atoms with Crippen molar-refractivity contribution in [2.24, 2.45) is 0 Å². The fourth-order valence-corrected chi connectivity index (χ4v) is 2.59. The van der Waals surface area contributed by atoms with Crippen LogP contribution < -0.4 is 5.32 Å². The third-order valence-electron chi connectivity index (χ3n) is 4.12. The van der Waals surface area contributed by atoms with Crippen LogP contribution in [0, 0.1) is 0 Å². The number of benzene rings is 1. The number of anilines is 1. The minimum atomic E-state index is -0.0590. The summed E-state index contributed by atoms with van der Waals surface area (Å²) in [5, 5.41) is 2.99. The number of carbonyl (C=O) groups is 2. The lowest BCUT2D eigenvalue weighted by atomic mass is 9.86. The van der Waals surface area contributed by atoms with Gasteiger partial charge >= 0.3 is 0 Å². The van der Waals surface area contributed by atoms with Crippen LogP contribution in [0.2, 0.25) is 0 Å². The molecule has 0 fully saturated rings. The van der Waals surface area contributed by atoms with Crippen molar-refractivity contribution in [3.8, 4) is 0 Å². The molecule has 0 aliphatic heterocycles. The minimum absolute atomic E-state index is 0.0160. The lowest BCUT2D eigenvalue weighted by Crippen LogP contribution is -2.38. The van der Waals surface area contributed by atoms with Crippen LogP contribution in [0.25, 0.3) is 0 Å². The second kappa shape index (κ2) is 8.14. The Morgan fingerprint density at radius 3 is 2.35 bits per heavy atom.